The zero-order valence-corrected chi connectivity index (χ0v) is 26.0. The lowest BCUT2D eigenvalue weighted by atomic mass is 9.92. The number of likely N-dealkylation sites (tertiary alicyclic amines) is 1. The van der Waals surface area contributed by atoms with Crippen LogP contribution in [-0.2, 0) is 12.8 Å². The molecule has 2 N–H and O–H groups in total. The van der Waals surface area contributed by atoms with Gasteiger partial charge in [0.15, 0.2) is 17.3 Å². The van der Waals surface area contributed by atoms with E-state index in [1.54, 1.807) is 6.07 Å². The average molecular weight is 585 g/mol. The molecule has 1 atom stereocenters. The number of benzene rings is 1. The molecule has 228 valence electrons. The van der Waals surface area contributed by atoms with Crippen molar-refractivity contribution in [1.29, 1.82) is 5.26 Å². The van der Waals surface area contributed by atoms with Crippen molar-refractivity contribution >= 4 is 11.5 Å². The van der Waals surface area contributed by atoms with E-state index in [0.29, 0.717) is 47.1 Å². The molecule has 2 aliphatic heterocycles. The van der Waals surface area contributed by atoms with Crippen molar-refractivity contribution in [1.82, 2.24) is 24.9 Å². The summed E-state index contributed by atoms with van der Waals surface area (Å²) in [5.74, 6) is 2.51. The van der Waals surface area contributed by atoms with Gasteiger partial charge < -0.3 is 24.8 Å². The summed E-state index contributed by atoms with van der Waals surface area (Å²) in [4.78, 5) is 17.3. The van der Waals surface area contributed by atoms with Gasteiger partial charge in [0, 0.05) is 48.4 Å². The fraction of sp³-hybridized carbons (Fsp3) is 0.576. The Kier molecular flexibility index (Phi) is 8.29. The fourth-order valence-electron chi connectivity index (χ4n) is 6.67. The largest absolute Gasteiger partial charge is 0.476 e. The monoisotopic (exact) mass is 584 g/mol. The van der Waals surface area contributed by atoms with Crippen LogP contribution in [-0.4, -0.2) is 83.4 Å². The van der Waals surface area contributed by atoms with Crippen molar-refractivity contribution in [3.63, 3.8) is 0 Å². The van der Waals surface area contributed by atoms with Crippen LogP contribution in [0.3, 0.4) is 0 Å². The van der Waals surface area contributed by atoms with Crippen LogP contribution in [0.25, 0.3) is 22.8 Å². The van der Waals surface area contributed by atoms with Crippen LogP contribution < -0.4 is 15.4 Å². The molecular formula is C33H44N8O2. The minimum Gasteiger partial charge on any atom is -0.476 e. The summed E-state index contributed by atoms with van der Waals surface area (Å²) < 4.78 is 12.5. The van der Waals surface area contributed by atoms with Gasteiger partial charge in [-0.3, -0.25) is 4.90 Å². The number of hydrogen-bond donors (Lipinski definition) is 1. The Bertz CT molecular complexity index is 1510. The molecule has 1 saturated carbocycles. The highest BCUT2D eigenvalue weighted by Gasteiger charge is 2.49. The van der Waals surface area contributed by atoms with Crippen LogP contribution >= 0.6 is 0 Å². The highest BCUT2D eigenvalue weighted by molar-refractivity contribution is 5.81. The summed E-state index contributed by atoms with van der Waals surface area (Å²) in [5.41, 5.74) is 10.6. The third-order valence-corrected chi connectivity index (χ3v) is 9.76. The van der Waals surface area contributed by atoms with Gasteiger partial charge in [0.05, 0.1) is 11.3 Å². The predicted octanol–water partition coefficient (Wildman–Crippen LogP) is 4.91. The van der Waals surface area contributed by atoms with E-state index in [0.717, 1.165) is 80.8 Å². The quantitative estimate of drug-likeness (QED) is 0.329. The Morgan fingerprint density at radius 2 is 2.00 bits per heavy atom. The summed E-state index contributed by atoms with van der Waals surface area (Å²) in [7, 11) is 4.39. The Morgan fingerprint density at radius 3 is 2.70 bits per heavy atom. The first-order chi connectivity index (χ1) is 20.9. The molecule has 3 aromatic rings. The number of hydrogen-bond acceptors (Lipinski definition) is 10. The number of aromatic nitrogens is 3. The normalized spacial score (nSPS) is 20.1. The fourth-order valence-corrected chi connectivity index (χ4v) is 6.67. The molecule has 0 amide bonds. The number of piperazine rings is 1. The van der Waals surface area contributed by atoms with E-state index in [-0.39, 0.29) is 5.54 Å². The Hall–Kier alpha value is -3.68. The van der Waals surface area contributed by atoms with Gasteiger partial charge >= 0.3 is 0 Å². The highest BCUT2D eigenvalue weighted by atomic mass is 16.5. The van der Waals surface area contributed by atoms with Crippen molar-refractivity contribution in [2.45, 2.75) is 76.8 Å². The minimum atomic E-state index is 0.238. The van der Waals surface area contributed by atoms with E-state index in [9.17, 15) is 5.26 Å². The molecule has 3 aliphatic rings. The summed E-state index contributed by atoms with van der Waals surface area (Å²) in [6.07, 6.45) is 8.13. The molecule has 2 saturated heterocycles. The standard InChI is InChI=1S/C33H44N8O2/c1-5-7-10-24-30(38-43-31(24)29-22(6-2)11-12-26(35)25(29)19-34)32-36-27(41-17-16-40(4)33(21-41)13-14-33)18-28(37-32)42-20-23-9-8-15-39(23)3/h11-12,18,23H,5-10,13-17,20-21,35H2,1-4H3. The molecule has 43 heavy (non-hydrogen) atoms. The maximum atomic E-state index is 10.1. The van der Waals surface area contributed by atoms with Crippen molar-refractivity contribution in [2.75, 3.05) is 57.5 Å². The lowest BCUT2D eigenvalue weighted by Gasteiger charge is -2.40. The molecule has 1 aliphatic carbocycles. The van der Waals surface area contributed by atoms with Gasteiger partial charge in [-0.15, -0.1) is 0 Å². The van der Waals surface area contributed by atoms with Gasteiger partial charge in [-0.2, -0.15) is 10.2 Å². The number of rotatable bonds is 10. The molecular weight excluding hydrogens is 540 g/mol. The smallest absolute Gasteiger partial charge is 0.219 e. The first-order valence-electron chi connectivity index (χ1n) is 15.9. The summed E-state index contributed by atoms with van der Waals surface area (Å²) in [5, 5.41) is 14.7. The zero-order chi connectivity index (χ0) is 30.1. The number of nitrogens with two attached hydrogens (primary N) is 1. The summed E-state index contributed by atoms with van der Waals surface area (Å²) in [6.45, 7) is 8.72. The van der Waals surface area contributed by atoms with Crippen molar-refractivity contribution in [3.05, 3.63) is 34.9 Å². The number of nitrogen functional groups attached to an aromatic ring is 1. The number of nitrogens with zero attached hydrogens (tertiary/aromatic N) is 7. The van der Waals surface area contributed by atoms with Crippen LogP contribution in [0, 0.1) is 11.3 Å². The predicted molar refractivity (Wildman–Crippen MR) is 168 cm³/mol. The molecule has 10 nitrogen and oxygen atoms in total. The molecule has 0 bridgehead atoms. The molecule has 2 aromatic heterocycles. The lowest BCUT2D eigenvalue weighted by Crippen LogP contribution is -2.53. The van der Waals surface area contributed by atoms with E-state index in [2.05, 4.69) is 53.9 Å². The van der Waals surface area contributed by atoms with Crippen molar-refractivity contribution in [3.8, 4) is 34.8 Å². The molecule has 6 rings (SSSR count). The van der Waals surface area contributed by atoms with Gasteiger partial charge in [0.25, 0.3) is 0 Å². The van der Waals surface area contributed by atoms with Crippen LogP contribution in [0.1, 0.15) is 69.1 Å². The van der Waals surface area contributed by atoms with E-state index in [1.807, 2.05) is 12.1 Å². The molecule has 1 unspecified atom stereocenters. The molecule has 3 fully saturated rings. The molecule has 1 aromatic carbocycles. The summed E-state index contributed by atoms with van der Waals surface area (Å²) in [6, 6.07) is 8.45. The molecule has 1 spiro atoms. The first kappa shape index (κ1) is 29.4. The lowest BCUT2D eigenvalue weighted by molar-refractivity contribution is 0.192. The SMILES string of the molecule is CCCCc1c(-c2nc(OCC3CCCN3C)cc(N3CCN(C)C4(CC4)C3)n2)noc1-c1c(CC)ccc(N)c1C#N. The second-order valence-electron chi connectivity index (χ2n) is 12.5. The van der Waals surface area contributed by atoms with Crippen LogP contribution in [0.2, 0.25) is 0 Å². The molecule has 0 radical (unpaired) electrons. The van der Waals surface area contributed by atoms with Gasteiger partial charge in [-0.25, -0.2) is 4.98 Å². The first-order valence-corrected chi connectivity index (χ1v) is 15.9. The Labute approximate surface area is 254 Å². The Morgan fingerprint density at radius 1 is 1.16 bits per heavy atom. The number of nitriles is 1. The minimum absolute atomic E-state index is 0.238. The maximum Gasteiger partial charge on any atom is 0.219 e. The number of unbranched alkanes of at least 4 members (excludes halogenated alkanes) is 1. The van der Waals surface area contributed by atoms with Crippen LogP contribution in [0.4, 0.5) is 11.5 Å². The molecule has 10 heteroatoms. The van der Waals surface area contributed by atoms with Crippen molar-refractivity contribution in [2.24, 2.45) is 0 Å². The average Bonchev–Trinajstić information content (AvgIpc) is 3.47. The Balaban J connectivity index is 1.44. The number of likely N-dealkylation sites (N-methyl/N-ethyl adjacent to an activating group) is 2. The van der Waals surface area contributed by atoms with E-state index < -0.39 is 0 Å². The van der Waals surface area contributed by atoms with Gasteiger partial charge in [0.2, 0.25) is 5.88 Å². The van der Waals surface area contributed by atoms with Gasteiger partial charge in [0.1, 0.15) is 18.5 Å². The highest BCUT2D eigenvalue weighted by Crippen LogP contribution is 2.44. The third kappa shape index (κ3) is 5.68. The van der Waals surface area contributed by atoms with Gasteiger partial charge in [-0.05, 0) is 77.2 Å². The number of aryl methyl sites for hydroxylation is 1. The second-order valence-corrected chi connectivity index (χ2v) is 12.5. The topological polar surface area (TPSA) is 121 Å². The zero-order valence-electron chi connectivity index (χ0n) is 26.0. The van der Waals surface area contributed by atoms with Crippen molar-refractivity contribution < 1.29 is 9.26 Å². The number of anilines is 2. The van der Waals surface area contributed by atoms with E-state index >= 15 is 0 Å². The number of ether oxygens (including phenoxy) is 1. The summed E-state index contributed by atoms with van der Waals surface area (Å²) >= 11 is 0. The van der Waals surface area contributed by atoms with Gasteiger partial charge in [-0.1, -0.05) is 31.5 Å². The van der Waals surface area contributed by atoms with Crippen LogP contribution in [0.15, 0.2) is 22.7 Å². The second kappa shape index (κ2) is 12.1. The van der Waals surface area contributed by atoms with E-state index in [1.165, 1.54) is 19.3 Å². The maximum absolute atomic E-state index is 10.1. The molecule has 4 heterocycles. The third-order valence-electron chi connectivity index (χ3n) is 9.76. The van der Waals surface area contributed by atoms with Crippen LogP contribution in [0.5, 0.6) is 5.88 Å². The van der Waals surface area contributed by atoms with E-state index in [4.69, 9.17) is 25.0 Å².